The molecule has 1 saturated heterocycles. The second-order valence-corrected chi connectivity index (χ2v) is 3.18. The second-order valence-electron chi connectivity index (χ2n) is 2.65. The van der Waals surface area contributed by atoms with E-state index in [1.165, 1.54) is 0 Å². The van der Waals surface area contributed by atoms with Gasteiger partial charge in [-0.05, 0) is 6.92 Å². The molecule has 1 N–H and O–H groups in total. The molecular weight excluding hydrogens is 140 g/mol. The number of hydrogen-bond acceptors (Lipinski definition) is 2. The SMILES string of the molecule is CC1(O)CCOCC1Cl. The molecule has 1 aliphatic rings. The van der Waals surface area contributed by atoms with Crippen molar-refractivity contribution in [2.45, 2.75) is 24.3 Å². The van der Waals surface area contributed by atoms with Crippen LogP contribution in [0.15, 0.2) is 0 Å². The third-order valence-corrected chi connectivity index (χ3v) is 2.29. The molecule has 9 heavy (non-hydrogen) atoms. The molecular formula is C6H11ClO2. The van der Waals surface area contributed by atoms with Crippen LogP contribution in [0, 0.1) is 0 Å². The fraction of sp³-hybridized carbons (Fsp3) is 1.00. The zero-order chi connectivity index (χ0) is 6.91. The Morgan fingerprint density at radius 1 is 1.78 bits per heavy atom. The molecule has 54 valence electrons. The summed E-state index contributed by atoms with van der Waals surface area (Å²) in [6.45, 7) is 2.83. The van der Waals surface area contributed by atoms with Gasteiger partial charge in [0.2, 0.25) is 0 Å². The summed E-state index contributed by atoms with van der Waals surface area (Å²) in [7, 11) is 0. The molecule has 1 rings (SSSR count). The molecule has 0 spiro atoms. The monoisotopic (exact) mass is 150 g/mol. The second kappa shape index (κ2) is 2.45. The number of alkyl halides is 1. The third kappa shape index (κ3) is 1.57. The Morgan fingerprint density at radius 2 is 2.44 bits per heavy atom. The first-order valence-corrected chi connectivity index (χ1v) is 3.51. The van der Waals surface area contributed by atoms with E-state index in [0.29, 0.717) is 19.6 Å². The molecule has 2 nitrogen and oxygen atoms in total. The van der Waals surface area contributed by atoms with Crippen molar-refractivity contribution in [1.29, 1.82) is 0 Å². The molecule has 0 aromatic heterocycles. The zero-order valence-electron chi connectivity index (χ0n) is 5.43. The first-order valence-electron chi connectivity index (χ1n) is 3.07. The molecule has 1 aliphatic heterocycles. The van der Waals surface area contributed by atoms with Gasteiger partial charge in [0.25, 0.3) is 0 Å². The van der Waals surface area contributed by atoms with E-state index in [4.69, 9.17) is 16.3 Å². The van der Waals surface area contributed by atoms with Crippen LogP contribution in [0.2, 0.25) is 0 Å². The summed E-state index contributed by atoms with van der Waals surface area (Å²) in [6, 6.07) is 0. The highest BCUT2D eigenvalue weighted by molar-refractivity contribution is 6.21. The Bertz CT molecular complexity index is 103. The fourth-order valence-corrected chi connectivity index (χ4v) is 1.000. The maximum atomic E-state index is 9.43. The lowest BCUT2D eigenvalue weighted by molar-refractivity contribution is -0.0464. The minimum atomic E-state index is -0.722. The topological polar surface area (TPSA) is 29.5 Å². The first kappa shape index (κ1) is 7.32. The first-order chi connectivity index (χ1) is 4.13. The Balaban J connectivity index is 2.49. The third-order valence-electron chi connectivity index (χ3n) is 1.69. The van der Waals surface area contributed by atoms with Crippen LogP contribution in [0.4, 0.5) is 0 Å². The quantitative estimate of drug-likeness (QED) is 0.517. The molecule has 0 aliphatic carbocycles. The molecule has 0 aromatic rings. The molecule has 2 atom stereocenters. The van der Waals surface area contributed by atoms with Crippen LogP contribution in [0.3, 0.4) is 0 Å². The smallest absolute Gasteiger partial charge is 0.0854 e. The number of hydrogen-bond donors (Lipinski definition) is 1. The van der Waals surface area contributed by atoms with E-state index >= 15 is 0 Å². The van der Waals surface area contributed by atoms with E-state index in [-0.39, 0.29) is 5.38 Å². The van der Waals surface area contributed by atoms with Crippen molar-refractivity contribution in [3.63, 3.8) is 0 Å². The van der Waals surface area contributed by atoms with E-state index in [2.05, 4.69) is 0 Å². The van der Waals surface area contributed by atoms with Crippen molar-refractivity contribution in [3.05, 3.63) is 0 Å². The average Bonchev–Trinajstić information content (AvgIpc) is 1.77. The highest BCUT2D eigenvalue weighted by Crippen LogP contribution is 2.24. The minimum absolute atomic E-state index is 0.244. The van der Waals surface area contributed by atoms with Crippen LogP contribution in [0.5, 0.6) is 0 Å². The van der Waals surface area contributed by atoms with Gasteiger partial charge in [-0.25, -0.2) is 0 Å². The van der Waals surface area contributed by atoms with Gasteiger partial charge < -0.3 is 9.84 Å². The van der Waals surface area contributed by atoms with Crippen LogP contribution < -0.4 is 0 Å². The van der Waals surface area contributed by atoms with Crippen molar-refractivity contribution in [2.75, 3.05) is 13.2 Å². The van der Waals surface area contributed by atoms with Gasteiger partial charge in [-0.15, -0.1) is 11.6 Å². The van der Waals surface area contributed by atoms with Gasteiger partial charge in [0.05, 0.1) is 17.6 Å². The van der Waals surface area contributed by atoms with Crippen LogP contribution in [-0.2, 0) is 4.74 Å². The maximum absolute atomic E-state index is 9.43. The molecule has 0 bridgehead atoms. The molecule has 1 heterocycles. The Kier molecular flexibility index (Phi) is 1.99. The van der Waals surface area contributed by atoms with Gasteiger partial charge in [-0.1, -0.05) is 0 Å². The Morgan fingerprint density at radius 3 is 2.78 bits per heavy atom. The highest BCUT2D eigenvalue weighted by Gasteiger charge is 2.33. The van der Waals surface area contributed by atoms with Crippen molar-refractivity contribution < 1.29 is 9.84 Å². The number of rotatable bonds is 0. The van der Waals surface area contributed by atoms with Gasteiger partial charge in [0, 0.05) is 13.0 Å². The molecule has 0 saturated carbocycles. The Hall–Kier alpha value is 0.210. The summed E-state index contributed by atoms with van der Waals surface area (Å²) in [4.78, 5) is 0. The molecule has 0 amide bonds. The average molecular weight is 151 g/mol. The van der Waals surface area contributed by atoms with E-state index in [0.717, 1.165) is 0 Å². The number of aliphatic hydroxyl groups is 1. The summed E-state index contributed by atoms with van der Waals surface area (Å²) in [5.74, 6) is 0. The lowest BCUT2D eigenvalue weighted by Gasteiger charge is -2.32. The standard InChI is InChI=1S/C6H11ClO2/c1-6(8)2-3-9-4-5(6)7/h5,8H,2-4H2,1H3. The van der Waals surface area contributed by atoms with Crippen molar-refractivity contribution in [2.24, 2.45) is 0 Å². The summed E-state index contributed by atoms with van der Waals surface area (Å²) >= 11 is 5.73. The summed E-state index contributed by atoms with van der Waals surface area (Å²) in [6.07, 6.45) is 0.640. The minimum Gasteiger partial charge on any atom is -0.388 e. The van der Waals surface area contributed by atoms with Crippen molar-refractivity contribution in [3.8, 4) is 0 Å². The van der Waals surface area contributed by atoms with Gasteiger partial charge in [-0.3, -0.25) is 0 Å². The molecule has 0 radical (unpaired) electrons. The van der Waals surface area contributed by atoms with Gasteiger partial charge in [-0.2, -0.15) is 0 Å². The van der Waals surface area contributed by atoms with Crippen LogP contribution in [-0.4, -0.2) is 29.3 Å². The zero-order valence-corrected chi connectivity index (χ0v) is 6.19. The van der Waals surface area contributed by atoms with Crippen molar-refractivity contribution in [1.82, 2.24) is 0 Å². The van der Waals surface area contributed by atoms with E-state index in [9.17, 15) is 5.11 Å². The Labute approximate surface area is 59.8 Å². The summed E-state index contributed by atoms with van der Waals surface area (Å²) in [5, 5.41) is 9.19. The largest absolute Gasteiger partial charge is 0.388 e. The number of halogens is 1. The lowest BCUT2D eigenvalue weighted by atomic mass is 9.97. The molecule has 3 heteroatoms. The lowest BCUT2D eigenvalue weighted by Crippen LogP contribution is -2.43. The maximum Gasteiger partial charge on any atom is 0.0854 e. The van der Waals surface area contributed by atoms with E-state index in [1.54, 1.807) is 6.92 Å². The van der Waals surface area contributed by atoms with Crippen molar-refractivity contribution >= 4 is 11.6 Å². The van der Waals surface area contributed by atoms with Crippen LogP contribution in [0.1, 0.15) is 13.3 Å². The number of ether oxygens (including phenoxy) is 1. The van der Waals surface area contributed by atoms with Gasteiger partial charge in [0.15, 0.2) is 0 Å². The summed E-state index contributed by atoms with van der Waals surface area (Å²) < 4.78 is 5.03. The summed E-state index contributed by atoms with van der Waals surface area (Å²) in [5.41, 5.74) is -0.722. The van der Waals surface area contributed by atoms with Crippen LogP contribution in [0.25, 0.3) is 0 Å². The molecule has 1 fully saturated rings. The van der Waals surface area contributed by atoms with Gasteiger partial charge >= 0.3 is 0 Å². The predicted octanol–water partition coefficient (Wildman–Crippen LogP) is 0.765. The predicted molar refractivity (Wildman–Crippen MR) is 35.7 cm³/mol. The normalized spacial score (nSPS) is 45.0. The van der Waals surface area contributed by atoms with Gasteiger partial charge in [0.1, 0.15) is 0 Å². The molecule has 0 aromatic carbocycles. The fourth-order valence-electron chi connectivity index (χ4n) is 0.802. The van der Waals surface area contributed by atoms with Crippen LogP contribution >= 0.6 is 11.6 Å². The van der Waals surface area contributed by atoms with E-state index in [1.807, 2.05) is 0 Å². The molecule has 2 unspecified atom stereocenters. The van der Waals surface area contributed by atoms with E-state index < -0.39 is 5.60 Å². The highest BCUT2D eigenvalue weighted by atomic mass is 35.5.